The topological polar surface area (TPSA) is 67.4 Å². The number of anilines is 2. The van der Waals surface area contributed by atoms with Crippen molar-refractivity contribution in [2.75, 3.05) is 10.6 Å². The first kappa shape index (κ1) is 19.2. The van der Waals surface area contributed by atoms with E-state index in [0.29, 0.717) is 22.9 Å². The van der Waals surface area contributed by atoms with Crippen molar-refractivity contribution in [2.24, 2.45) is 0 Å². The Bertz CT molecular complexity index is 968. The number of nitrogens with one attached hydrogen (secondary N) is 2. The second-order valence-electron chi connectivity index (χ2n) is 6.56. The largest absolute Gasteiger partial charge is 0.455 e. The minimum atomic E-state index is -0.761. The third-order valence-corrected chi connectivity index (χ3v) is 4.14. The summed E-state index contributed by atoms with van der Waals surface area (Å²) in [7, 11) is 0. The molecule has 142 valence electrons. The SMILES string of the molecule is CC(C)c1ccccc1NC(=O)C(=O)Nc1ccccc1Oc1ccccc1. The van der Waals surface area contributed by atoms with Gasteiger partial charge in [-0.15, -0.1) is 0 Å². The maximum atomic E-state index is 12.4. The summed E-state index contributed by atoms with van der Waals surface area (Å²) in [6.07, 6.45) is 0. The normalized spacial score (nSPS) is 10.4. The molecular weight excluding hydrogens is 352 g/mol. The maximum Gasteiger partial charge on any atom is 0.314 e. The molecule has 3 aromatic carbocycles. The summed E-state index contributed by atoms with van der Waals surface area (Å²) in [5.74, 6) is -0.179. The fourth-order valence-electron chi connectivity index (χ4n) is 2.75. The summed E-state index contributed by atoms with van der Waals surface area (Å²) < 4.78 is 5.81. The number of hydrogen-bond donors (Lipinski definition) is 2. The van der Waals surface area contributed by atoms with Crippen LogP contribution >= 0.6 is 0 Å². The quantitative estimate of drug-likeness (QED) is 0.605. The van der Waals surface area contributed by atoms with Crippen LogP contribution in [0.25, 0.3) is 0 Å². The molecule has 0 spiro atoms. The van der Waals surface area contributed by atoms with Gasteiger partial charge in [0.15, 0.2) is 5.75 Å². The Morgan fingerprint density at radius 2 is 1.25 bits per heavy atom. The first-order valence-electron chi connectivity index (χ1n) is 9.08. The predicted molar refractivity (Wildman–Crippen MR) is 111 cm³/mol. The molecule has 28 heavy (non-hydrogen) atoms. The zero-order chi connectivity index (χ0) is 19.9. The molecule has 2 N–H and O–H groups in total. The average molecular weight is 374 g/mol. The minimum absolute atomic E-state index is 0.222. The maximum absolute atomic E-state index is 12.4. The fourth-order valence-corrected chi connectivity index (χ4v) is 2.75. The van der Waals surface area contributed by atoms with Gasteiger partial charge in [0.25, 0.3) is 0 Å². The second-order valence-corrected chi connectivity index (χ2v) is 6.56. The van der Waals surface area contributed by atoms with Gasteiger partial charge >= 0.3 is 11.8 Å². The Kier molecular flexibility index (Phi) is 6.07. The van der Waals surface area contributed by atoms with Gasteiger partial charge < -0.3 is 15.4 Å². The number of carbonyl (C=O) groups excluding carboxylic acids is 2. The van der Waals surface area contributed by atoms with E-state index in [1.165, 1.54) is 0 Å². The number of amides is 2. The second kappa shape index (κ2) is 8.86. The van der Waals surface area contributed by atoms with Crippen molar-refractivity contribution in [1.82, 2.24) is 0 Å². The zero-order valence-corrected chi connectivity index (χ0v) is 15.8. The first-order chi connectivity index (χ1) is 13.5. The van der Waals surface area contributed by atoms with Crippen LogP contribution in [0.5, 0.6) is 11.5 Å². The van der Waals surface area contributed by atoms with Crippen LogP contribution in [0, 0.1) is 0 Å². The summed E-state index contributed by atoms with van der Waals surface area (Å²) in [6.45, 7) is 4.06. The third kappa shape index (κ3) is 4.76. The highest BCUT2D eigenvalue weighted by Crippen LogP contribution is 2.29. The molecule has 0 aliphatic heterocycles. The molecule has 3 rings (SSSR count). The lowest BCUT2D eigenvalue weighted by Gasteiger charge is -2.14. The van der Waals surface area contributed by atoms with Crippen LogP contribution in [0.2, 0.25) is 0 Å². The van der Waals surface area contributed by atoms with Crippen LogP contribution in [-0.2, 0) is 9.59 Å². The Morgan fingerprint density at radius 1 is 0.714 bits per heavy atom. The molecule has 0 saturated heterocycles. The van der Waals surface area contributed by atoms with Gasteiger partial charge in [-0.1, -0.05) is 62.4 Å². The number of ether oxygens (including phenoxy) is 1. The van der Waals surface area contributed by atoms with E-state index in [4.69, 9.17) is 4.74 Å². The molecule has 0 saturated carbocycles. The number of rotatable bonds is 5. The highest BCUT2D eigenvalue weighted by molar-refractivity contribution is 6.43. The van der Waals surface area contributed by atoms with Gasteiger partial charge in [-0.05, 0) is 41.8 Å². The molecule has 0 bridgehead atoms. The van der Waals surface area contributed by atoms with Crippen LogP contribution in [0.3, 0.4) is 0 Å². The molecule has 5 nitrogen and oxygen atoms in total. The predicted octanol–water partition coefficient (Wildman–Crippen LogP) is 5.18. The Balaban J connectivity index is 1.72. The lowest BCUT2D eigenvalue weighted by atomic mass is 10.0. The molecule has 0 heterocycles. The average Bonchev–Trinajstić information content (AvgIpc) is 2.70. The van der Waals surface area contributed by atoms with Crippen molar-refractivity contribution >= 4 is 23.2 Å². The summed E-state index contributed by atoms with van der Waals surface area (Å²) in [5.41, 5.74) is 2.02. The van der Waals surface area contributed by atoms with Gasteiger partial charge in [-0.25, -0.2) is 0 Å². The van der Waals surface area contributed by atoms with E-state index < -0.39 is 11.8 Å². The van der Waals surface area contributed by atoms with Crippen LogP contribution in [-0.4, -0.2) is 11.8 Å². The van der Waals surface area contributed by atoms with Gasteiger partial charge in [0.2, 0.25) is 0 Å². The summed E-state index contributed by atoms with van der Waals surface area (Å²) >= 11 is 0. The molecule has 0 fully saturated rings. The molecule has 0 aliphatic carbocycles. The zero-order valence-electron chi connectivity index (χ0n) is 15.8. The Morgan fingerprint density at radius 3 is 1.93 bits per heavy atom. The Hall–Kier alpha value is -3.60. The monoisotopic (exact) mass is 374 g/mol. The molecule has 3 aromatic rings. The van der Waals surface area contributed by atoms with E-state index in [1.54, 1.807) is 30.3 Å². The number of benzene rings is 3. The van der Waals surface area contributed by atoms with Crippen LogP contribution < -0.4 is 15.4 Å². The van der Waals surface area contributed by atoms with Crippen molar-refractivity contribution in [3.05, 3.63) is 84.4 Å². The highest BCUT2D eigenvalue weighted by Gasteiger charge is 2.18. The smallest absolute Gasteiger partial charge is 0.314 e. The molecular formula is C23H22N2O3. The number of carbonyl (C=O) groups is 2. The van der Waals surface area contributed by atoms with Crippen LogP contribution in [0.15, 0.2) is 78.9 Å². The standard InChI is InChI=1S/C23H22N2O3/c1-16(2)18-12-6-7-13-19(18)24-22(26)23(27)25-20-14-8-9-15-21(20)28-17-10-4-3-5-11-17/h3-16H,1-2H3,(H,24,26)(H,25,27). The molecule has 0 aliphatic rings. The highest BCUT2D eigenvalue weighted by atomic mass is 16.5. The van der Waals surface area contributed by atoms with E-state index in [1.807, 2.05) is 62.4 Å². The van der Waals surface area contributed by atoms with Crippen molar-refractivity contribution in [2.45, 2.75) is 19.8 Å². The molecule has 0 aromatic heterocycles. The van der Waals surface area contributed by atoms with Gasteiger partial charge in [0.1, 0.15) is 5.75 Å². The molecule has 0 radical (unpaired) electrons. The molecule has 5 heteroatoms. The van der Waals surface area contributed by atoms with Crippen molar-refractivity contribution in [3.63, 3.8) is 0 Å². The molecule has 2 amide bonds. The van der Waals surface area contributed by atoms with Crippen molar-refractivity contribution < 1.29 is 14.3 Å². The minimum Gasteiger partial charge on any atom is -0.455 e. The van der Waals surface area contributed by atoms with Crippen molar-refractivity contribution in [1.29, 1.82) is 0 Å². The summed E-state index contributed by atoms with van der Waals surface area (Å²) in [6, 6.07) is 23.7. The van der Waals surface area contributed by atoms with Gasteiger partial charge in [-0.3, -0.25) is 9.59 Å². The van der Waals surface area contributed by atoms with Gasteiger partial charge in [0, 0.05) is 5.69 Å². The van der Waals surface area contributed by atoms with E-state index in [2.05, 4.69) is 10.6 Å². The van der Waals surface area contributed by atoms with E-state index in [0.717, 1.165) is 5.56 Å². The number of para-hydroxylation sites is 4. The summed E-state index contributed by atoms with van der Waals surface area (Å²) in [5, 5.41) is 5.31. The first-order valence-corrected chi connectivity index (χ1v) is 9.08. The van der Waals surface area contributed by atoms with Crippen LogP contribution in [0.1, 0.15) is 25.3 Å². The van der Waals surface area contributed by atoms with Crippen molar-refractivity contribution in [3.8, 4) is 11.5 Å². The van der Waals surface area contributed by atoms with E-state index >= 15 is 0 Å². The lowest BCUT2D eigenvalue weighted by molar-refractivity contribution is -0.133. The van der Waals surface area contributed by atoms with Gasteiger partial charge in [-0.2, -0.15) is 0 Å². The molecule has 0 atom stereocenters. The van der Waals surface area contributed by atoms with Crippen LogP contribution in [0.4, 0.5) is 11.4 Å². The summed E-state index contributed by atoms with van der Waals surface area (Å²) in [4.78, 5) is 24.8. The molecule has 0 unspecified atom stereocenters. The van der Waals surface area contributed by atoms with Gasteiger partial charge in [0.05, 0.1) is 5.69 Å². The number of hydrogen-bond acceptors (Lipinski definition) is 3. The fraction of sp³-hybridized carbons (Fsp3) is 0.130. The van der Waals surface area contributed by atoms with E-state index in [-0.39, 0.29) is 5.92 Å². The lowest BCUT2D eigenvalue weighted by Crippen LogP contribution is -2.29. The Labute approximate surface area is 164 Å². The van der Waals surface area contributed by atoms with E-state index in [9.17, 15) is 9.59 Å². The third-order valence-electron chi connectivity index (χ3n) is 4.14.